The molecule has 0 saturated carbocycles. The van der Waals surface area contributed by atoms with Gasteiger partial charge >= 0.3 is 5.97 Å². The zero-order valence-electron chi connectivity index (χ0n) is 8.81. The van der Waals surface area contributed by atoms with E-state index in [1.54, 1.807) is 6.20 Å². The standard InChI is InChI=1S/C13H8BrNO2/c14-10-5-1-3-9-7-8-4-2-6-15-11(8)13(16)17-12(9)10/h1-6H,7H2. The number of hydrogen-bond acceptors (Lipinski definition) is 3. The molecule has 0 radical (unpaired) electrons. The van der Waals surface area contributed by atoms with Gasteiger partial charge in [-0.1, -0.05) is 18.2 Å². The molecule has 17 heavy (non-hydrogen) atoms. The van der Waals surface area contributed by atoms with Crippen molar-refractivity contribution >= 4 is 21.9 Å². The first-order valence-electron chi connectivity index (χ1n) is 5.19. The van der Waals surface area contributed by atoms with Crippen molar-refractivity contribution in [1.29, 1.82) is 0 Å². The zero-order chi connectivity index (χ0) is 11.8. The highest BCUT2D eigenvalue weighted by Crippen LogP contribution is 2.33. The van der Waals surface area contributed by atoms with Gasteiger partial charge in [-0.3, -0.25) is 0 Å². The van der Waals surface area contributed by atoms with Gasteiger partial charge in [-0.05, 0) is 33.6 Å². The molecule has 0 amide bonds. The van der Waals surface area contributed by atoms with E-state index >= 15 is 0 Å². The van der Waals surface area contributed by atoms with E-state index in [1.165, 1.54) is 0 Å². The lowest BCUT2D eigenvalue weighted by Gasteiger charge is -2.06. The molecule has 1 aliphatic rings. The van der Waals surface area contributed by atoms with Gasteiger partial charge < -0.3 is 4.74 Å². The Kier molecular flexibility index (Phi) is 2.44. The number of aromatic nitrogens is 1. The van der Waals surface area contributed by atoms with Gasteiger partial charge in [0.1, 0.15) is 5.75 Å². The summed E-state index contributed by atoms with van der Waals surface area (Å²) >= 11 is 3.39. The van der Waals surface area contributed by atoms with E-state index in [0.717, 1.165) is 15.6 Å². The van der Waals surface area contributed by atoms with E-state index < -0.39 is 5.97 Å². The molecule has 0 unspecified atom stereocenters. The van der Waals surface area contributed by atoms with Gasteiger partial charge in [0.2, 0.25) is 0 Å². The van der Waals surface area contributed by atoms with E-state index in [-0.39, 0.29) is 0 Å². The summed E-state index contributed by atoms with van der Waals surface area (Å²) in [7, 11) is 0. The number of rotatable bonds is 0. The van der Waals surface area contributed by atoms with Crippen LogP contribution in [0.2, 0.25) is 0 Å². The van der Waals surface area contributed by atoms with Gasteiger partial charge in [0, 0.05) is 18.2 Å². The summed E-state index contributed by atoms with van der Waals surface area (Å²) in [5.41, 5.74) is 2.28. The fraction of sp³-hybridized carbons (Fsp3) is 0.0769. The first-order chi connectivity index (χ1) is 8.25. The minimum Gasteiger partial charge on any atom is -0.420 e. The Morgan fingerprint density at radius 2 is 2.00 bits per heavy atom. The number of fused-ring (bicyclic) bond motifs is 2. The smallest absolute Gasteiger partial charge is 0.362 e. The molecule has 1 aromatic heterocycles. The molecule has 0 N–H and O–H groups in total. The Balaban J connectivity index is 2.20. The van der Waals surface area contributed by atoms with Crippen LogP contribution in [0.15, 0.2) is 41.0 Å². The summed E-state index contributed by atoms with van der Waals surface area (Å²) in [5.74, 6) is 0.196. The molecule has 0 spiro atoms. The molecule has 0 atom stereocenters. The van der Waals surface area contributed by atoms with E-state index in [9.17, 15) is 4.79 Å². The molecule has 84 valence electrons. The minimum atomic E-state index is -0.397. The maximum absolute atomic E-state index is 11.9. The third-order valence-corrected chi connectivity index (χ3v) is 3.33. The summed E-state index contributed by atoms with van der Waals surface area (Å²) in [5, 5.41) is 0. The van der Waals surface area contributed by atoms with Crippen molar-refractivity contribution < 1.29 is 9.53 Å². The molecule has 4 heteroatoms. The second kappa shape index (κ2) is 3.96. The third kappa shape index (κ3) is 1.74. The first-order valence-corrected chi connectivity index (χ1v) is 5.98. The highest BCUT2D eigenvalue weighted by Gasteiger charge is 2.23. The largest absolute Gasteiger partial charge is 0.420 e. The number of ether oxygens (including phenoxy) is 1. The van der Waals surface area contributed by atoms with Crippen molar-refractivity contribution in [3.63, 3.8) is 0 Å². The average molecular weight is 290 g/mol. The van der Waals surface area contributed by atoms with Crippen LogP contribution in [0.3, 0.4) is 0 Å². The molecular formula is C13H8BrNO2. The molecule has 0 aliphatic carbocycles. The van der Waals surface area contributed by atoms with E-state index in [2.05, 4.69) is 20.9 Å². The van der Waals surface area contributed by atoms with Crippen LogP contribution in [0.4, 0.5) is 0 Å². The predicted octanol–water partition coefficient (Wildman–Crippen LogP) is 2.97. The van der Waals surface area contributed by atoms with Gasteiger partial charge in [0.15, 0.2) is 5.69 Å². The first kappa shape index (κ1) is 10.5. The normalized spacial score (nSPS) is 13.4. The van der Waals surface area contributed by atoms with Gasteiger partial charge in [-0.2, -0.15) is 0 Å². The third-order valence-electron chi connectivity index (χ3n) is 2.71. The molecule has 2 heterocycles. The molecule has 3 nitrogen and oxygen atoms in total. The predicted molar refractivity (Wildman–Crippen MR) is 66.1 cm³/mol. The molecule has 1 aromatic carbocycles. The van der Waals surface area contributed by atoms with Crippen molar-refractivity contribution in [2.75, 3.05) is 0 Å². The number of halogens is 1. The van der Waals surface area contributed by atoms with Crippen LogP contribution in [0, 0.1) is 0 Å². The average Bonchev–Trinajstić information content (AvgIpc) is 2.47. The van der Waals surface area contributed by atoms with Crippen molar-refractivity contribution in [2.45, 2.75) is 6.42 Å². The number of esters is 1. The highest BCUT2D eigenvalue weighted by atomic mass is 79.9. The summed E-state index contributed by atoms with van der Waals surface area (Å²) in [6.45, 7) is 0. The van der Waals surface area contributed by atoms with Crippen molar-refractivity contribution in [1.82, 2.24) is 4.98 Å². The van der Waals surface area contributed by atoms with Crippen LogP contribution in [-0.2, 0) is 6.42 Å². The second-order valence-electron chi connectivity index (χ2n) is 3.81. The Morgan fingerprint density at radius 3 is 2.88 bits per heavy atom. The van der Waals surface area contributed by atoms with E-state index in [4.69, 9.17) is 4.74 Å². The molecular weight excluding hydrogens is 282 g/mol. The van der Waals surface area contributed by atoms with Crippen LogP contribution < -0.4 is 4.74 Å². The molecule has 0 fully saturated rings. The summed E-state index contributed by atoms with van der Waals surface area (Å²) in [6, 6.07) is 9.47. The number of hydrogen-bond donors (Lipinski definition) is 0. The quantitative estimate of drug-likeness (QED) is 0.553. The summed E-state index contributed by atoms with van der Waals surface area (Å²) < 4.78 is 6.15. The fourth-order valence-corrected chi connectivity index (χ4v) is 2.41. The number of carbonyl (C=O) groups excluding carboxylic acids is 1. The Labute approximate surface area is 107 Å². The maximum atomic E-state index is 11.9. The van der Waals surface area contributed by atoms with Crippen LogP contribution in [0.5, 0.6) is 5.75 Å². The van der Waals surface area contributed by atoms with Crippen molar-refractivity contribution in [2.24, 2.45) is 0 Å². The lowest BCUT2D eigenvalue weighted by molar-refractivity contribution is 0.0728. The molecule has 1 aliphatic heterocycles. The second-order valence-corrected chi connectivity index (χ2v) is 4.66. The van der Waals surface area contributed by atoms with Crippen LogP contribution in [0.1, 0.15) is 21.6 Å². The van der Waals surface area contributed by atoms with Crippen LogP contribution >= 0.6 is 15.9 Å². The Hall–Kier alpha value is -1.68. The molecule has 2 aromatic rings. The number of carbonyl (C=O) groups is 1. The van der Waals surface area contributed by atoms with Gasteiger partial charge in [0.25, 0.3) is 0 Å². The maximum Gasteiger partial charge on any atom is 0.362 e. The van der Waals surface area contributed by atoms with Crippen LogP contribution in [-0.4, -0.2) is 11.0 Å². The number of pyridine rings is 1. The molecule has 0 bridgehead atoms. The highest BCUT2D eigenvalue weighted by molar-refractivity contribution is 9.10. The van der Waals surface area contributed by atoms with E-state index in [1.807, 2.05) is 30.3 Å². The lowest BCUT2D eigenvalue weighted by atomic mass is 10.0. The summed E-state index contributed by atoms with van der Waals surface area (Å²) in [4.78, 5) is 16.0. The SMILES string of the molecule is O=C1Oc2c(Br)cccc2Cc2cccnc21. The molecule has 0 saturated heterocycles. The number of nitrogens with zero attached hydrogens (tertiary/aromatic N) is 1. The number of benzene rings is 1. The van der Waals surface area contributed by atoms with Crippen molar-refractivity contribution in [3.8, 4) is 5.75 Å². The Bertz CT molecular complexity index is 610. The fourth-order valence-electron chi connectivity index (χ4n) is 1.92. The monoisotopic (exact) mass is 289 g/mol. The van der Waals surface area contributed by atoms with Gasteiger partial charge in [0.05, 0.1) is 4.47 Å². The van der Waals surface area contributed by atoms with Gasteiger partial charge in [-0.15, -0.1) is 0 Å². The lowest BCUT2D eigenvalue weighted by Crippen LogP contribution is -2.10. The zero-order valence-corrected chi connectivity index (χ0v) is 10.4. The molecule has 3 rings (SSSR count). The van der Waals surface area contributed by atoms with Crippen molar-refractivity contribution in [3.05, 3.63) is 57.8 Å². The topological polar surface area (TPSA) is 39.2 Å². The van der Waals surface area contributed by atoms with Gasteiger partial charge in [-0.25, -0.2) is 9.78 Å². The van der Waals surface area contributed by atoms with E-state index in [0.29, 0.717) is 17.9 Å². The Morgan fingerprint density at radius 1 is 1.18 bits per heavy atom. The summed E-state index contributed by atoms with van der Waals surface area (Å²) in [6.07, 6.45) is 2.26. The van der Waals surface area contributed by atoms with Crippen LogP contribution in [0.25, 0.3) is 0 Å². The number of para-hydroxylation sites is 1. The minimum absolute atomic E-state index is 0.397.